The van der Waals surface area contributed by atoms with Crippen molar-refractivity contribution in [1.82, 2.24) is 5.32 Å². The minimum absolute atomic E-state index is 0.158. The first-order valence-corrected chi connectivity index (χ1v) is 5.64. The summed E-state index contributed by atoms with van der Waals surface area (Å²) in [7, 11) is 6.09. The molecule has 6 heteroatoms. The predicted octanol–water partition coefficient (Wildman–Crippen LogP) is 1.77. The van der Waals surface area contributed by atoms with Crippen molar-refractivity contribution >= 4 is 17.4 Å². The number of ether oxygens (including phenoxy) is 3. The van der Waals surface area contributed by atoms with Gasteiger partial charge in [0, 0.05) is 6.07 Å². The number of benzene rings is 1. The van der Waals surface area contributed by atoms with Gasteiger partial charge in [-0.1, -0.05) is 11.6 Å². The molecule has 0 aromatic heterocycles. The molecule has 0 spiro atoms. The Morgan fingerprint density at radius 1 is 1.22 bits per heavy atom. The number of ketones is 1. The number of methoxy groups -OCH3 is 3. The summed E-state index contributed by atoms with van der Waals surface area (Å²) in [5, 5.41) is 3.04. The van der Waals surface area contributed by atoms with Crippen molar-refractivity contribution in [3.8, 4) is 17.2 Å². The summed E-state index contributed by atoms with van der Waals surface area (Å²) in [6, 6.07) is 1.53. The maximum atomic E-state index is 12.0. The van der Waals surface area contributed by atoms with Gasteiger partial charge in [-0.2, -0.15) is 0 Å². The molecule has 0 unspecified atom stereocenters. The summed E-state index contributed by atoms with van der Waals surface area (Å²) in [6.45, 7) is 0.158. The summed E-state index contributed by atoms with van der Waals surface area (Å²) in [6.07, 6.45) is 0. The van der Waals surface area contributed by atoms with Gasteiger partial charge in [-0.05, 0) is 7.05 Å². The summed E-state index contributed by atoms with van der Waals surface area (Å²) in [4.78, 5) is 12.0. The van der Waals surface area contributed by atoms with Crippen LogP contribution in [0.4, 0.5) is 0 Å². The predicted molar refractivity (Wildman–Crippen MR) is 69.4 cm³/mol. The van der Waals surface area contributed by atoms with Gasteiger partial charge in [-0.25, -0.2) is 0 Å². The maximum Gasteiger partial charge on any atom is 0.204 e. The zero-order valence-corrected chi connectivity index (χ0v) is 11.6. The molecule has 0 saturated heterocycles. The zero-order valence-electron chi connectivity index (χ0n) is 10.8. The molecule has 18 heavy (non-hydrogen) atoms. The van der Waals surface area contributed by atoms with E-state index in [1.54, 1.807) is 7.05 Å². The summed E-state index contributed by atoms with van der Waals surface area (Å²) in [5.41, 5.74) is 0.283. The molecule has 0 saturated carbocycles. The van der Waals surface area contributed by atoms with Crippen LogP contribution in [-0.4, -0.2) is 40.7 Å². The number of nitrogens with one attached hydrogen (secondary N) is 1. The smallest absolute Gasteiger partial charge is 0.204 e. The van der Waals surface area contributed by atoms with Crippen molar-refractivity contribution in [3.05, 3.63) is 16.7 Å². The third-order valence-corrected chi connectivity index (χ3v) is 2.70. The van der Waals surface area contributed by atoms with Crippen LogP contribution in [0.5, 0.6) is 17.2 Å². The van der Waals surface area contributed by atoms with E-state index in [4.69, 9.17) is 25.8 Å². The van der Waals surface area contributed by atoms with E-state index in [1.807, 2.05) is 0 Å². The molecule has 0 aliphatic carbocycles. The van der Waals surface area contributed by atoms with Crippen LogP contribution in [-0.2, 0) is 0 Å². The van der Waals surface area contributed by atoms with E-state index >= 15 is 0 Å². The Morgan fingerprint density at radius 2 is 1.83 bits per heavy atom. The van der Waals surface area contributed by atoms with Gasteiger partial charge in [0.2, 0.25) is 5.75 Å². The molecular formula is C12H16ClNO4. The number of hydrogen-bond acceptors (Lipinski definition) is 5. The highest BCUT2D eigenvalue weighted by Crippen LogP contribution is 2.43. The fourth-order valence-electron chi connectivity index (χ4n) is 1.64. The lowest BCUT2D eigenvalue weighted by atomic mass is 10.1. The van der Waals surface area contributed by atoms with Crippen LogP contribution in [0.15, 0.2) is 6.07 Å². The molecule has 0 aliphatic rings. The van der Waals surface area contributed by atoms with Gasteiger partial charge in [0.05, 0.1) is 38.5 Å². The summed E-state index contributed by atoms with van der Waals surface area (Å²) in [5.74, 6) is 0.867. The van der Waals surface area contributed by atoms with Crippen LogP contribution < -0.4 is 19.5 Å². The molecule has 0 fully saturated rings. The van der Waals surface area contributed by atoms with Gasteiger partial charge in [0.25, 0.3) is 0 Å². The largest absolute Gasteiger partial charge is 0.493 e. The van der Waals surface area contributed by atoms with E-state index in [-0.39, 0.29) is 28.7 Å². The van der Waals surface area contributed by atoms with Crippen molar-refractivity contribution in [2.24, 2.45) is 0 Å². The highest BCUT2D eigenvalue weighted by atomic mass is 35.5. The Hall–Kier alpha value is -1.46. The highest BCUT2D eigenvalue weighted by Gasteiger charge is 2.24. The molecule has 1 aromatic carbocycles. The molecule has 100 valence electrons. The van der Waals surface area contributed by atoms with Gasteiger partial charge >= 0.3 is 0 Å². The first-order valence-electron chi connectivity index (χ1n) is 5.26. The van der Waals surface area contributed by atoms with Crippen LogP contribution in [0.2, 0.25) is 5.02 Å². The number of rotatable bonds is 6. The molecule has 0 aliphatic heterocycles. The first kappa shape index (κ1) is 14.6. The summed E-state index contributed by atoms with van der Waals surface area (Å²) < 4.78 is 15.6. The first-order chi connectivity index (χ1) is 8.60. The zero-order chi connectivity index (χ0) is 13.7. The van der Waals surface area contributed by atoms with Gasteiger partial charge in [0.1, 0.15) is 0 Å². The molecule has 0 bridgehead atoms. The molecule has 1 rings (SSSR count). The molecule has 0 radical (unpaired) electrons. The van der Waals surface area contributed by atoms with Crippen LogP contribution in [0, 0.1) is 0 Å². The average molecular weight is 274 g/mol. The van der Waals surface area contributed by atoms with Crippen molar-refractivity contribution in [3.63, 3.8) is 0 Å². The van der Waals surface area contributed by atoms with E-state index in [9.17, 15) is 4.79 Å². The number of hydrogen-bond donors (Lipinski definition) is 1. The lowest BCUT2D eigenvalue weighted by molar-refractivity contribution is 0.0990. The normalized spacial score (nSPS) is 10.1. The Morgan fingerprint density at radius 3 is 2.28 bits per heavy atom. The van der Waals surface area contributed by atoms with E-state index in [0.29, 0.717) is 11.5 Å². The number of carbonyl (C=O) groups is 1. The topological polar surface area (TPSA) is 56.8 Å². The summed E-state index contributed by atoms with van der Waals surface area (Å²) >= 11 is 6.09. The molecule has 1 N–H and O–H groups in total. The number of halogens is 1. The van der Waals surface area contributed by atoms with Gasteiger partial charge in [0.15, 0.2) is 17.3 Å². The van der Waals surface area contributed by atoms with Crippen LogP contribution >= 0.6 is 11.6 Å². The Kier molecular flexibility index (Phi) is 5.25. The standard InChI is InChI=1S/C12H16ClNO4/c1-14-6-8(15)10-7(13)5-9(16-2)11(17-3)12(10)18-4/h5,14H,6H2,1-4H3. The van der Waals surface area contributed by atoms with E-state index in [2.05, 4.69) is 5.32 Å². The van der Waals surface area contributed by atoms with Gasteiger partial charge < -0.3 is 19.5 Å². The number of Topliss-reactive ketones (excluding diaryl/α,β-unsaturated/α-hetero) is 1. The fraction of sp³-hybridized carbons (Fsp3) is 0.417. The van der Waals surface area contributed by atoms with Crippen molar-refractivity contribution < 1.29 is 19.0 Å². The molecule has 1 aromatic rings. The van der Waals surface area contributed by atoms with Crippen LogP contribution in [0.3, 0.4) is 0 Å². The fourth-order valence-corrected chi connectivity index (χ4v) is 1.93. The minimum atomic E-state index is -0.180. The number of likely N-dealkylation sites (N-methyl/N-ethyl adjacent to an activating group) is 1. The third kappa shape index (κ3) is 2.68. The SMILES string of the molecule is CNCC(=O)c1c(Cl)cc(OC)c(OC)c1OC. The quantitative estimate of drug-likeness (QED) is 0.801. The van der Waals surface area contributed by atoms with Gasteiger partial charge in [-0.3, -0.25) is 4.79 Å². The number of carbonyl (C=O) groups excluding carboxylic acids is 1. The lowest BCUT2D eigenvalue weighted by Gasteiger charge is -2.16. The van der Waals surface area contributed by atoms with E-state index in [0.717, 1.165) is 0 Å². The average Bonchev–Trinajstić information content (AvgIpc) is 2.37. The molecular weight excluding hydrogens is 258 g/mol. The molecule has 0 heterocycles. The van der Waals surface area contributed by atoms with Crippen LogP contribution in [0.1, 0.15) is 10.4 Å². The highest BCUT2D eigenvalue weighted by molar-refractivity contribution is 6.34. The second kappa shape index (κ2) is 6.47. The molecule has 0 amide bonds. The third-order valence-electron chi connectivity index (χ3n) is 2.40. The lowest BCUT2D eigenvalue weighted by Crippen LogP contribution is -2.19. The molecule has 0 atom stereocenters. The second-order valence-corrected chi connectivity index (χ2v) is 3.86. The molecule has 5 nitrogen and oxygen atoms in total. The maximum absolute atomic E-state index is 12.0. The second-order valence-electron chi connectivity index (χ2n) is 3.46. The van der Waals surface area contributed by atoms with Crippen molar-refractivity contribution in [2.45, 2.75) is 0 Å². The van der Waals surface area contributed by atoms with Crippen LogP contribution in [0.25, 0.3) is 0 Å². The Bertz CT molecular complexity index is 448. The van der Waals surface area contributed by atoms with Crippen molar-refractivity contribution in [1.29, 1.82) is 0 Å². The minimum Gasteiger partial charge on any atom is -0.493 e. The Balaban J connectivity index is 3.45. The Labute approximate surface area is 111 Å². The van der Waals surface area contributed by atoms with E-state index in [1.165, 1.54) is 27.4 Å². The van der Waals surface area contributed by atoms with Gasteiger partial charge in [-0.15, -0.1) is 0 Å². The van der Waals surface area contributed by atoms with Crippen molar-refractivity contribution in [2.75, 3.05) is 34.9 Å². The monoisotopic (exact) mass is 273 g/mol. The van der Waals surface area contributed by atoms with E-state index < -0.39 is 0 Å².